The molecule has 0 fully saturated rings. The Morgan fingerprint density at radius 1 is 1.43 bits per heavy atom. The van der Waals surface area contributed by atoms with Gasteiger partial charge in [-0.2, -0.15) is 12.6 Å². The van der Waals surface area contributed by atoms with Crippen LogP contribution in [0.15, 0.2) is 18.2 Å². The summed E-state index contributed by atoms with van der Waals surface area (Å²) in [6, 6.07) is 6.78. The van der Waals surface area contributed by atoms with E-state index in [-0.39, 0.29) is 0 Å². The third-order valence-electron chi connectivity index (χ3n) is 2.82. The van der Waals surface area contributed by atoms with E-state index in [1.165, 1.54) is 36.2 Å². The van der Waals surface area contributed by atoms with E-state index in [0.29, 0.717) is 0 Å². The molecule has 14 heavy (non-hydrogen) atoms. The van der Waals surface area contributed by atoms with Crippen molar-refractivity contribution in [2.75, 3.05) is 23.7 Å². The molecule has 0 unspecified atom stereocenters. The Balaban J connectivity index is 2.30. The number of hydrogen-bond donors (Lipinski definition) is 1. The summed E-state index contributed by atoms with van der Waals surface area (Å²) in [4.78, 5) is 2.45. The van der Waals surface area contributed by atoms with Gasteiger partial charge < -0.3 is 4.90 Å². The fraction of sp³-hybridized carbons (Fsp3) is 0.500. The summed E-state index contributed by atoms with van der Waals surface area (Å²) in [6.07, 6.45) is 2.52. The van der Waals surface area contributed by atoms with Crippen LogP contribution in [0.2, 0.25) is 0 Å². The Kier molecular flexibility index (Phi) is 3.02. The second-order valence-corrected chi connectivity index (χ2v) is 4.39. The number of anilines is 1. The number of nitrogens with zero attached hydrogens (tertiary/aromatic N) is 1. The number of benzene rings is 1. The van der Waals surface area contributed by atoms with E-state index < -0.39 is 0 Å². The molecule has 1 aromatic carbocycles. The zero-order valence-electron chi connectivity index (χ0n) is 8.66. The molecule has 0 spiro atoms. The van der Waals surface area contributed by atoms with E-state index in [1.54, 1.807) is 0 Å². The fourth-order valence-corrected chi connectivity index (χ4v) is 2.40. The molecule has 0 radical (unpaired) electrons. The molecule has 0 atom stereocenters. The number of fused-ring (bicyclic) bond motifs is 1. The van der Waals surface area contributed by atoms with Crippen molar-refractivity contribution in [2.45, 2.75) is 19.8 Å². The third-order valence-corrected chi connectivity index (χ3v) is 3.02. The Labute approximate surface area is 91.5 Å². The first-order valence-corrected chi connectivity index (χ1v) is 5.90. The highest BCUT2D eigenvalue weighted by atomic mass is 32.1. The third kappa shape index (κ3) is 1.90. The molecule has 0 saturated heterocycles. The summed E-state index contributed by atoms with van der Waals surface area (Å²) in [7, 11) is 0. The normalized spacial score (nSPS) is 15.4. The summed E-state index contributed by atoms with van der Waals surface area (Å²) in [5.41, 5.74) is 4.31. The van der Waals surface area contributed by atoms with Gasteiger partial charge >= 0.3 is 0 Å². The average molecular weight is 207 g/mol. The van der Waals surface area contributed by atoms with Crippen LogP contribution >= 0.6 is 12.6 Å². The van der Waals surface area contributed by atoms with E-state index in [1.807, 2.05) is 0 Å². The molecule has 0 N–H and O–H groups in total. The van der Waals surface area contributed by atoms with Gasteiger partial charge in [-0.15, -0.1) is 0 Å². The standard InChI is InChI=1S/C12H17NS/c1-10-4-5-12-11(9-10)3-2-6-13(12)7-8-14/h4-5,9,14H,2-3,6-8H2,1H3. The molecule has 2 heteroatoms. The highest BCUT2D eigenvalue weighted by Crippen LogP contribution is 2.27. The number of rotatable bonds is 2. The smallest absolute Gasteiger partial charge is 0.0399 e. The van der Waals surface area contributed by atoms with Crippen molar-refractivity contribution >= 4 is 18.3 Å². The van der Waals surface area contributed by atoms with Gasteiger partial charge in [-0.1, -0.05) is 17.7 Å². The lowest BCUT2D eigenvalue weighted by molar-refractivity contribution is 0.710. The second kappa shape index (κ2) is 4.26. The van der Waals surface area contributed by atoms with Gasteiger partial charge in [0.2, 0.25) is 0 Å². The van der Waals surface area contributed by atoms with E-state index in [0.717, 1.165) is 12.3 Å². The van der Waals surface area contributed by atoms with Crippen LogP contribution in [0, 0.1) is 6.92 Å². The largest absolute Gasteiger partial charge is 0.370 e. The van der Waals surface area contributed by atoms with Crippen LogP contribution in [0.4, 0.5) is 5.69 Å². The first-order chi connectivity index (χ1) is 6.81. The van der Waals surface area contributed by atoms with Crippen LogP contribution in [0.1, 0.15) is 17.5 Å². The van der Waals surface area contributed by atoms with Gasteiger partial charge in [0.15, 0.2) is 0 Å². The molecule has 1 nitrogen and oxygen atoms in total. The van der Waals surface area contributed by atoms with Crippen molar-refractivity contribution in [1.82, 2.24) is 0 Å². The van der Waals surface area contributed by atoms with E-state index in [9.17, 15) is 0 Å². The molecule has 76 valence electrons. The average Bonchev–Trinajstić information content (AvgIpc) is 2.18. The quantitative estimate of drug-likeness (QED) is 0.730. The number of aryl methyl sites for hydroxylation is 2. The molecule has 0 amide bonds. The predicted molar refractivity (Wildman–Crippen MR) is 65.6 cm³/mol. The van der Waals surface area contributed by atoms with Crippen LogP contribution < -0.4 is 4.90 Å². The Morgan fingerprint density at radius 3 is 3.07 bits per heavy atom. The van der Waals surface area contributed by atoms with Gasteiger partial charge in [0.25, 0.3) is 0 Å². The number of thiol groups is 1. The van der Waals surface area contributed by atoms with E-state index in [2.05, 4.69) is 42.7 Å². The van der Waals surface area contributed by atoms with Crippen LogP contribution in [0.3, 0.4) is 0 Å². The lowest BCUT2D eigenvalue weighted by Crippen LogP contribution is -2.31. The maximum Gasteiger partial charge on any atom is 0.0399 e. The van der Waals surface area contributed by atoms with Crippen molar-refractivity contribution in [2.24, 2.45) is 0 Å². The van der Waals surface area contributed by atoms with Crippen molar-refractivity contribution in [3.63, 3.8) is 0 Å². The molecule has 2 rings (SSSR count). The second-order valence-electron chi connectivity index (χ2n) is 3.95. The minimum Gasteiger partial charge on any atom is -0.370 e. The van der Waals surface area contributed by atoms with Crippen LogP contribution in [0.25, 0.3) is 0 Å². The van der Waals surface area contributed by atoms with Crippen LogP contribution in [-0.4, -0.2) is 18.8 Å². The molecule has 1 aliphatic rings. The van der Waals surface area contributed by atoms with Crippen molar-refractivity contribution in [3.8, 4) is 0 Å². The van der Waals surface area contributed by atoms with E-state index in [4.69, 9.17) is 0 Å². The highest BCUT2D eigenvalue weighted by molar-refractivity contribution is 7.80. The zero-order chi connectivity index (χ0) is 9.97. The monoisotopic (exact) mass is 207 g/mol. The maximum absolute atomic E-state index is 4.30. The summed E-state index contributed by atoms with van der Waals surface area (Å²) in [5, 5.41) is 0. The van der Waals surface area contributed by atoms with Crippen LogP contribution in [0.5, 0.6) is 0 Å². The van der Waals surface area contributed by atoms with Gasteiger partial charge in [0, 0.05) is 24.5 Å². The maximum atomic E-state index is 4.30. The molecule has 0 saturated carbocycles. The minimum atomic E-state index is 0.938. The summed E-state index contributed by atoms with van der Waals surface area (Å²) in [5.74, 6) is 0.938. The topological polar surface area (TPSA) is 3.24 Å². The lowest BCUT2D eigenvalue weighted by atomic mass is 10.00. The highest BCUT2D eigenvalue weighted by Gasteiger charge is 2.15. The predicted octanol–water partition coefficient (Wildman–Crippen LogP) is 2.68. The first kappa shape index (κ1) is 9.91. The van der Waals surface area contributed by atoms with Crippen molar-refractivity contribution < 1.29 is 0 Å². The van der Waals surface area contributed by atoms with Gasteiger partial charge in [-0.05, 0) is 31.4 Å². The molecule has 0 aromatic heterocycles. The Hall–Kier alpha value is -0.630. The number of hydrogen-bond acceptors (Lipinski definition) is 2. The summed E-state index contributed by atoms with van der Waals surface area (Å²) >= 11 is 4.30. The minimum absolute atomic E-state index is 0.938. The van der Waals surface area contributed by atoms with Gasteiger partial charge in [-0.25, -0.2) is 0 Å². The molecule has 0 bridgehead atoms. The van der Waals surface area contributed by atoms with Crippen LogP contribution in [-0.2, 0) is 6.42 Å². The zero-order valence-corrected chi connectivity index (χ0v) is 9.56. The van der Waals surface area contributed by atoms with Crippen molar-refractivity contribution in [3.05, 3.63) is 29.3 Å². The molecular weight excluding hydrogens is 190 g/mol. The molecule has 1 aliphatic heterocycles. The van der Waals surface area contributed by atoms with E-state index >= 15 is 0 Å². The molecule has 1 aromatic rings. The summed E-state index contributed by atoms with van der Waals surface area (Å²) < 4.78 is 0. The lowest BCUT2D eigenvalue weighted by Gasteiger charge is -2.31. The molecular formula is C12H17NS. The molecule has 0 aliphatic carbocycles. The summed E-state index contributed by atoms with van der Waals surface area (Å²) in [6.45, 7) is 4.42. The Morgan fingerprint density at radius 2 is 2.29 bits per heavy atom. The van der Waals surface area contributed by atoms with Crippen molar-refractivity contribution in [1.29, 1.82) is 0 Å². The fourth-order valence-electron chi connectivity index (χ4n) is 2.16. The molecule has 1 heterocycles. The Bertz CT molecular complexity index is 322. The van der Waals surface area contributed by atoms with Gasteiger partial charge in [-0.3, -0.25) is 0 Å². The van der Waals surface area contributed by atoms with Gasteiger partial charge in [0.1, 0.15) is 0 Å². The first-order valence-electron chi connectivity index (χ1n) is 5.26. The van der Waals surface area contributed by atoms with Gasteiger partial charge in [0.05, 0.1) is 0 Å². The SMILES string of the molecule is Cc1ccc2c(c1)CCCN2CCS.